The Balaban J connectivity index is 3.27. The molecule has 1 atom stereocenters. The van der Waals surface area contributed by atoms with E-state index < -0.39 is 0 Å². The average Bonchev–Trinajstić information content (AvgIpc) is 2.40. The Morgan fingerprint density at radius 3 is 1.63 bits per heavy atom. The van der Waals surface area contributed by atoms with Crippen molar-refractivity contribution in [2.24, 2.45) is 5.41 Å². The van der Waals surface area contributed by atoms with Crippen LogP contribution in [-0.4, -0.2) is 22.9 Å². The Bertz CT molecular complexity index is 190. The smallest absolute Gasteiger partial charge is 0.0613 e. The molecule has 0 aromatic rings. The first-order valence-electron chi connectivity index (χ1n) is 8.33. The minimum absolute atomic E-state index is 0.0614. The highest BCUT2D eigenvalue weighted by atomic mass is 16.3. The van der Waals surface area contributed by atoms with E-state index in [0.29, 0.717) is 0 Å². The molecule has 0 aromatic heterocycles. The zero-order valence-electron chi connectivity index (χ0n) is 13.5. The molecule has 2 heteroatoms. The summed E-state index contributed by atoms with van der Waals surface area (Å²) in [6.07, 6.45) is 13.7. The number of aliphatic hydroxyl groups excluding tert-OH is 2. The normalized spacial score (nSPS) is 13.7. The van der Waals surface area contributed by atoms with E-state index in [1.54, 1.807) is 0 Å². The third-order valence-electron chi connectivity index (χ3n) is 4.14. The van der Waals surface area contributed by atoms with Crippen LogP contribution in [0, 0.1) is 5.41 Å². The predicted molar refractivity (Wildman–Crippen MR) is 83.3 cm³/mol. The molecule has 0 saturated carbocycles. The van der Waals surface area contributed by atoms with Gasteiger partial charge < -0.3 is 10.2 Å². The average molecular weight is 272 g/mol. The Kier molecular flexibility index (Phi) is 11.7. The van der Waals surface area contributed by atoms with Gasteiger partial charge in [-0.15, -0.1) is 0 Å². The van der Waals surface area contributed by atoms with E-state index in [2.05, 4.69) is 6.92 Å². The second-order valence-corrected chi connectivity index (χ2v) is 6.63. The maximum atomic E-state index is 9.94. The monoisotopic (exact) mass is 272 g/mol. The molecular formula is C17H36O2. The molecule has 0 heterocycles. The first-order valence-corrected chi connectivity index (χ1v) is 8.33. The lowest BCUT2D eigenvalue weighted by Gasteiger charge is -2.28. The summed E-state index contributed by atoms with van der Waals surface area (Å²) in [4.78, 5) is 0. The lowest BCUT2D eigenvalue weighted by atomic mass is 9.84. The SMILES string of the molecule is CCCCCCCCCCCCC(O)C(C)(C)CO. The summed E-state index contributed by atoms with van der Waals surface area (Å²) in [5.74, 6) is 0. The van der Waals surface area contributed by atoms with Gasteiger partial charge in [-0.2, -0.15) is 0 Å². The molecule has 2 nitrogen and oxygen atoms in total. The van der Waals surface area contributed by atoms with E-state index in [1.165, 1.54) is 57.8 Å². The van der Waals surface area contributed by atoms with Crippen molar-refractivity contribution >= 4 is 0 Å². The molecule has 0 aliphatic rings. The Labute approximate surface area is 120 Å². The van der Waals surface area contributed by atoms with E-state index in [-0.39, 0.29) is 18.1 Å². The molecule has 0 amide bonds. The molecule has 0 radical (unpaired) electrons. The molecule has 0 aliphatic carbocycles. The van der Waals surface area contributed by atoms with Gasteiger partial charge in [-0.3, -0.25) is 0 Å². The van der Waals surface area contributed by atoms with Gasteiger partial charge in [-0.05, 0) is 6.42 Å². The number of hydrogen-bond donors (Lipinski definition) is 2. The van der Waals surface area contributed by atoms with Gasteiger partial charge in [0.15, 0.2) is 0 Å². The van der Waals surface area contributed by atoms with Gasteiger partial charge >= 0.3 is 0 Å². The maximum absolute atomic E-state index is 9.94. The number of rotatable bonds is 13. The first-order chi connectivity index (χ1) is 9.04. The quantitative estimate of drug-likeness (QED) is 0.478. The molecule has 116 valence electrons. The number of aliphatic hydroxyl groups is 2. The van der Waals surface area contributed by atoms with Crippen molar-refractivity contribution < 1.29 is 10.2 Å². The second-order valence-electron chi connectivity index (χ2n) is 6.63. The van der Waals surface area contributed by atoms with E-state index in [0.717, 1.165) is 12.8 Å². The van der Waals surface area contributed by atoms with Crippen LogP contribution in [0.25, 0.3) is 0 Å². The van der Waals surface area contributed by atoms with Crippen LogP contribution in [0.3, 0.4) is 0 Å². The van der Waals surface area contributed by atoms with Crippen molar-refractivity contribution in [3.63, 3.8) is 0 Å². The topological polar surface area (TPSA) is 40.5 Å². The van der Waals surface area contributed by atoms with Gasteiger partial charge in [-0.25, -0.2) is 0 Å². The van der Waals surface area contributed by atoms with Gasteiger partial charge in [0.1, 0.15) is 0 Å². The summed E-state index contributed by atoms with van der Waals surface area (Å²) in [6, 6.07) is 0. The zero-order chi connectivity index (χ0) is 14.6. The highest BCUT2D eigenvalue weighted by Crippen LogP contribution is 2.24. The summed E-state index contributed by atoms with van der Waals surface area (Å²) >= 11 is 0. The Hall–Kier alpha value is -0.0800. The van der Waals surface area contributed by atoms with Crippen molar-refractivity contribution in [3.8, 4) is 0 Å². The Morgan fingerprint density at radius 2 is 1.21 bits per heavy atom. The fourth-order valence-electron chi connectivity index (χ4n) is 2.32. The number of hydrogen-bond acceptors (Lipinski definition) is 2. The van der Waals surface area contributed by atoms with E-state index in [1.807, 2.05) is 13.8 Å². The second kappa shape index (κ2) is 11.7. The van der Waals surface area contributed by atoms with Crippen molar-refractivity contribution in [1.82, 2.24) is 0 Å². The lowest BCUT2D eigenvalue weighted by Crippen LogP contribution is -2.32. The molecule has 0 rings (SSSR count). The van der Waals surface area contributed by atoms with Gasteiger partial charge in [0, 0.05) is 5.41 Å². The molecule has 2 N–H and O–H groups in total. The van der Waals surface area contributed by atoms with Crippen LogP contribution in [-0.2, 0) is 0 Å². The van der Waals surface area contributed by atoms with E-state index >= 15 is 0 Å². The summed E-state index contributed by atoms with van der Waals surface area (Å²) in [7, 11) is 0. The molecule has 0 saturated heterocycles. The lowest BCUT2D eigenvalue weighted by molar-refractivity contribution is 0.00143. The molecule has 0 aliphatic heterocycles. The molecule has 0 aromatic carbocycles. The molecule has 1 unspecified atom stereocenters. The fraction of sp³-hybridized carbons (Fsp3) is 1.00. The van der Waals surface area contributed by atoms with Crippen LogP contribution in [0.5, 0.6) is 0 Å². The molecule has 19 heavy (non-hydrogen) atoms. The largest absolute Gasteiger partial charge is 0.396 e. The number of unbranched alkanes of at least 4 members (excludes halogenated alkanes) is 9. The maximum Gasteiger partial charge on any atom is 0.0613 e. The molecule has 0 bridgehead atoms. The third-order valence-corrected chi connectivity index (χ3v) is 4.14. The van der Waals surface area contributed by atoms with Crippen LogP contribution in [0.1, 0.15) is 91.4 Å². The van der Waals surface area contributed by atoms with Crippen molar-refractivity contribution in [1.29, 1.82) is 0 Å². The van der Waals surface area contributed by atoms with Crippen molar-refractivity contribution in [2.75, 3.05) is 6.61 Å². The van der Waals surface area contributed by atoms with Crippen molar-refractivity contribution in [3.05, 3.63) is 0 Å². The van der Waals surface area contributed by atoms with Crippen LogP contribution < -0.4 is 0 Å². The Morgan fingerprint density at radius 1 is 0.789 bits per heavy atom. The van der Waals surface area contributed by atoms with Gasteiger partial charge in [0.25, 0.3) is 0 Å². The fourth-order valence-corrected chi connectivity index (χ4v) is 2.32. The van der Waals surface area contributed by atoms with Crippen molar-refractivity contribution in [2.45, 2.75) is 97.5 Å². The van der Waals surface area contributed by atoms with E-state index in [9.17, 15) is 5.11 Å². The highest BCUT2D eigenvalue weighted by Gasteiger charge is 2.26. The first kappa shape index (κ1) is 18.9. The zero-order valence-corrected chi connectivity index (χ0v) is 13.5. The predicted octanol–water partition coefficient (Wildman–Crippen LogP) is 4.68. The minimum Gasteiger partial charge on any atom is -0.396 e. The summed E-state index contributed by atoms with van der Waals surface area (Å²) in [5, 5.41) is 19.1. The molecular weight excluding hydrogens is 236 g/mol. The molecule has 0 spiro atoms. The van der Waals surface area contributed by atoms with Gasteiger partial charge in [0.2, 0.25) is 0 Å². The van der Waals surface area contributed by atoms with Crippen LogP contribution >= 0.6 is 0 Å². The standard InChI is InChI=1S/C17H36O2/c1-4-5-6-7-8-9-10-11-12-13-14-16(19)17(2,3)15-18/h16,18-19H,4-15H2,1-3H3. The highest BCUT2D eigenvalue weighted by molar-refractivity contribution is 4.76. The minimum atomic E-state index is -0.369. The summed E-state index contributed by atoms with van der Waals surface area (Å²) in [6.45, 7) is 6.17. The van der Waals surface area contributed by atoms with E-state index in [4.69, 9.17) is 5.11 Å². The van der Waals surface area contributed by atoms with Crippen LogP contribution in [0.4, 0.5) is 0 Å². The summed E-state index contributed by atoms with van der Waals surface area (Å²) < 4.78 is 0. The third kappa shape index (κ3) is 10.4. The van der Waals surface area contributed by atoms with Crippen LogP contribution in [0.2, 0.25) is 0 Å². The van der Waals surface area contributed by atoms with Crippen LogP contribution in [0.15, 0.2) is 0 Å². The summed E-state index contributed by atoms with van der Waals surface area (Å²) in [5.41, 5.74) is -0.348. The molecule has 0 fully saturated rings. The van der Waals surface area contributed by atoms with Gasteiger partial charge in [-0.1, -0.05) is 85.0 Å². The van der Waals surface area contributed by atoms with Gasteiger partial charge in [0.05, 0.1) is 12.7 Å².